The van der Waals surface area contributed by atoms with Crippen molar-refractivity contribution in [3.05, 3.63) is 27.5 Å². The topological polar surface area (TPSA) is 68.1 Å². The molecule has 15 heavy (non-hydrogen) atoms. The number of rotatable bonds is 2. The van der Waals surface area contributed by atoms with E-state index in [9.17, 15) is 18.0 Å². The lowest BCUT2D eigenvalue weighted by Gasteiger charge is -2.11. The molecule has 1 aromatic heterocycles. The van der Waals surface area contributed by atoms with Crippen LogP contribution < -0.4 is 16.0 Å². The van der Waals surface area contributed by atoms with Gasteiger partial charge < -0.3 is 10.5 Å². The van der Waals surface area contributed by atoms with Crippen molar-refractivity contribution < 1.29 is 17.9 Å². The van der Waals surface area contributed by atoms with Gasteiger partial charge in [-0.05, 0) is 13.0 Å². The van der Waals surface area contributed by atoms with Gasteiger partial charge >= 0.3 is 6.36 Å². The van der Waals surface area contributed by atoms with Gasteiger partial charge in [0.1, 0.15) is 0 Å². The van der Waals surface area contributed by atoms with Gasteiger partial charge in [-0.3, -0.25) is 9.78 Å². The first-order chi connectivity index (χ1) is 6.83. The molecule has 0 fully saturated rings. The quantitative estimate of drug-likeness (QED) is 0.785. The molecule has 1 heterocycles. The van der Waals surface area contributed by atoms with Gasteiger partial charge in [-0.1, -0.05) is 0 Å². The van der Waals surface area contributed by atoms with Crippen molar-refractivity contribution >= 4 is 0 Å². The van der Waals surface area contributed by atoms with Crippen LogP contribution in [-0.2, 0) is 6.54 Å². The Labute approximate surface area is 82.9 Å². The SMILES string of the molecule is Cc1cc(CN)c(OC(F)(F)F)[nH]c1=O. The Morgan fingerprint density at radius 1 is 1.53 bits per heavy atom. The molecule has 0 saturated carbocycles. The van der Waals surface area contributed by atoms with Crippen molar-refractivity contribution in [3.8, 4) is 5.88 Å². The molecule has 0 radical (unpaired) electrons. The van der Waals surface area contributed by atoms with E-state index in [2.05, 4.69) is 4.74 Å². The summed E-state index contributed by atoms with van der Waals surface area (Å²) in [7, 11) is 0. The number of nitrogens with two attached hydrogens (primary N) is 1. The Balaban J connectivity index is 3.17. The number of H-pyrrole nitrogens is 1. The molecule has 0 bridgehead atoms. The van der Waals surface area contributed by atoms with Crippen LogP contribution in [0, 0.1) is 6.92 Å². The first kappa shape index (κ1) is 11.6. The molecule has 0 aromatic carbocycles. The molecule has 0 spiro atoms. The van der Waals surface area contributed by atoms with Crippen LogP contribution in [-0.4, -0.2) is 11.3 Å². The maximum atomic E-state index is 11.9. The fourth-order valence-corrected chi connectivity index (χ4v) is 1.03. The standard InChI is InChI=1S/C8H9F3N2O2/c1-4-2-5(3-12)7(13-6(4)14)15-8(9,10)11/h2H,3,12H2,1H3,(H,13,14). The third-order valence-corrected chi connectivity index (χ3v) is 1.71. The molecule has 1 aromatic rings. The third kappa shape index (κ3) is 2.98. The van der Waals surface area contributed by atoms with E-state index in [0.29, 0.717) is 0 Å². The fraction of sp³-hybridized carbons (Fsp3) is 0.375. The molecule has 0 aliphatic heterocycles. The molecule has 0 atom stereocenters. The molecule has 84 valence electrons. The molecular formula is C8H9F3N2O2. The number of hydrogen-bond acceptors (Lipinski definition) is 3. The van der Waals surface area contributed by atoms with Gasteiger partial charge in [0.15, 0.2) is 0 Å². The summed E-state index contributed by atoms with van der Waals surface area (Å²) in [5.41, 5.74) is 4.97. The lowest BCUT2D eigenvalue weighted by Crippen LogP contribution is -2.23. The molecule has 0 amide bonds. The van der Waals surface area contributed by atoms with Gasteiger partial charge in [0, 0.05) is 17.7 Å². The normalized spacial score (nSPS) is 11.5. The van der Waals surface area contributed by atoms with Crippen molar-refractivity contribution in [2.75, 3.05) is 0 Å². The van der Waals surface area contributed by atoms with E-state index in [4.69, 9.17) is 5.73 Å². The van der Waals surface area contributed by atoms with Gasteiger partial charge in [-0.25, -0.2) is 0 Å². The summed E-state index contributed by atoms with van der Waals surface area (Å²) >= 11 is 0. The van der Waals surface area contributed by atoms with Crippen molar-refractivity contribution in [1.82, 2.24) is 4.98 Å². The van der Waals surface area contributed by atoms with Crippen molar-refractivity contribution in [1.29, 1.82) is 0 Å². The summed E-state index contributed by atoms with van der Waals surface area (Å²) in [6, 6.07) is 1.26. The number of ether oxygens (including phenoxy) is 1. The molecule has 7 heteroatoms. The van der Waals surface area contributed by atoms with Crippen LogP contribution in [0.1, 0.15) is 11.1 Å². The lowest BCUT2D eigenvalue weighted by atomic mass is 10.2. The Hall–Kier alpha value is -1.50. The Morgan fingerprint density at radius 2 is 2.13 bits per heavy atom. The molecule has 0 aliphatic rings. The van der Waals surface area contributed by atoms with Gasteiger partial charge in [0.25, 0.3) is 5.56 Å². The van der Waals surface area contributed by atoms with Crippen LogP contribution in [0.3, 0.4) is 0 Å². The summed E-state index contributed by atoms with van der Waals surface area (Å²) in [5, 5.41) is 0. The number of pyridine rings is 1. The fourth-order valence-electron chi connectivity index (χ4n) is 1.03. The van der Waals surface area contributed by atoms with E-state index in [1.165, 1.54) is 13.0 Å². The van der Waals surface area contributed by atoms with Crippen molar-refractivity contribution in [2.24, 2.45) is 5.73 Å². The highest BCUT2D eigenvalue weighted by Gasteiger charge is 2.32. The highest BCUT2D eigenvalue weighted by atomic mass is 19.4. The van der Waals surface area contributed by atoms with Crippen molar-refractivity contribution in [2.45, 2.75) is 19.8 Å². The zero-order valence-corrected chi connectivity index (χ0v) is 7.81. The summed E-state index contributed by atoms with van der Waals surface area (Å²) in [6.45, 7) is 1.32. The van der Waals surface area contributed by atoms with E-state index >= 15 is 0 Å². The average molecular weight is 222 g/mol. The molecule has 0 saturated heterocycles. The van der Waals surface area contributed by atoms with E-state index in [0.717, 1.165) is 0 Å². The van der Waals surface area contributed by atoms with Gasteiger partial charge in [0.2, 0.25) is 5.88 Å². The number of aromatic nitrogens is 1. The number of aryl methyl sites for hydroxylation is 1. The van der Waals surface area contributed by atoms with E-state index in [1.54, 1.807) is 0 Å². The predicted octanol–water partition coefficient (Wildman–Crippen LogP) is 1.04. The summed E-state index contributed by atoms with van der Waals surface area (Å²) in [5.74, 6) is -0.652. The molecule has 0 unspecified atom stereocenters. The molecule has 3 N–H and O–H groups in total. The zero-order valence-electron chi connectivity index (χ0n) is 7.81. The Bertz CT molecular complexity index is 411. The maximum absolute atomic E-state index is 11.9. The molecular weight excluding hydrogens is 213 g/mol. The van der Waals surface area contributed by atoms with Crippen LogP contribution in [0.15, 0.2) is 10.9 Å². The molecule has 0 aliphatic carbocycles. The van der Waals surface area contributed by atoms with Gasteiger partial charge in [0.05, 0.1) is 0 Å². The van der Waals surface area contributed by atoms with Gasteiger partial charge in [-0.2, -0.15) is 0 Å². The number of alkyl halides is 3. The molecule has 1 rings (SSSR count). The van der Waals surface area contributed by atoms with Crippen LogP contribution in [0.25, 0.3) is 0 Å². The number of aromatic amines is 1. The summed E-state index contributed by atoms with van der Waals surface area (Å²) in [4.78, 5) is 13.0. The van der Waals surface area contributed by atoms with Crippen LogP contribution in [0.4, 0.5) is 13.2 Å². The zero-order chi connectivity index (χ0) is 11.6. The van der Waals surface area contributed by atoms with E-state index in [1.807, 2.05) is 4.98 Å². The second-order valence-electron chi connectivity index (χ2n) is 2.89. The minimum atomic E-state index is -4.85. The second-order valence-corrected chi connectivity index (χ2v) is 2.89. The van der Waals surface area contributed by atoms with Crippen LogP contribution in [0.2, 0.25) is 0 Å². The van der Waals surface area contributed by atoms with E-state index in [-0.39, 0.29) is 17.7 Å². The number of hydrogen-bond donors (Lipinski definition) is 2. The Kier molecular flexibility index (Phi) is 3.04. The van der Waals surface area contributed by atoms with Crippen LogP contribution in [0.5, 0.6) is 5.88 Å². The highest BCUT2D eigenvalue weighted by Crippen LogP contribution is 2.23. The van der Waals surface area contributed by atoms with E-state index < -0.39 is 17.8 Å². The molecule has 4 nitrogen and oxygen atoms in total. The largest absolute Gasteiger partial charge is 0.574 e. The second kappa shape index (κ2) is 3.93. The van der Waals surface area contributed by atoms with Crippen molar-refractivity contribution in [3.63, 3.8) is 0 Å². The Morgan fingerprint density at radius 3 is 2.60 bits per heavy atom. The van der Waals surface area contributed by atoms with Crippen LogP contribution >= 0.6 is 0 Å². The number of nitrogens with one attached hydrogen (secondary N) is 1. The first-order valence-corrected chi connectivity index (χ1v) is 4.02. The monoisotopic (exact) mass is 222 g/mol. The minimum absolute atomic E-state index is 0.101. The van der Waals surface area contributed by atoms with Gasteiger partial charge in [-0.15, -0.1) is 13.2 Å². The predicted molar refractivity (Wildman–Crippen MR) is 46.4 cm³/mol. The maximum Gasteiger partial charge on any atom is 0.574 e. The first-order valence-electron chi connectivity index (χ1n) is 4.02. The highest BCUT2D eigenvalue weighted by molar-refractivity contribution is 5.29. The number of halogens is 3. The third-order valence-electron chi connectivity index (χ3n) is 1.71. The average Bonchev–Trinajstić information content (AvgIpc) is 2.08. The minimum Gasteiger partial charge on any atom is -0.389 e. The summed E-state index contributed by atoms with van der Waals surface area (Å²) < 4.78 is 39.3. The lowest BCUT2D eigenvalue weighted by molar-refractivity contribution is -0.276. The summed E-state index contributed by atoms with van der Waals surface area (Å²) in [6.07, 6.45) is -4.85. The smallest absolute Gasteiger partial charge is 0.389 e.